The number of hydrogen-bond donors (Lipinski definition) is 1. The molecule has 0 amide bonds. The second-order valence-corrected chi connectivity index (χ2v) is 5.37. The number of rotatable bonds is 3. The van der Waals surface area contributed by atoms with Crippen LogP contribution in [0.1, 0.15) is 5.56 Å². The lowest BCUT2D eigenvalue weighted by Gasteiger charge is -1.90. The molecule has 0 aliphatic carbocycles. The second-order valence-electron chi connectivity index (χ2n) is 3.77. The van der Waals surface area contributed by atoms with Crippen molar-refractivity contribution in [3.8, 4) is 0 Å². The molecule has 0 spiro atoms. The van der Waals surface area contributed by atoms with Gasteiger partial charge in [-0.2, -0.15) is 8.42 Å². The van der Waals surface area contributed by atoms with E-state index >= 15 is 0 Å². The maximum Gasteiger partial charge on any atom is 0.364 e. The molecule has 2 rings (SSSR count). The monoisotopic (exact) mass is 281 g/mol. The van der Waals surface area contributed by atoms with E-state index in [0.29, 0.717) is 0 Å². The predicted molar refractivity (Wildman–Crippen MR) is 69.0 cm³/mol. The van der Waals surface area contributed by atoms with Gasteiger partial charge in [-0.15, -0.1) is 0 Å². The first-order chi connectivity index (χ1) is 8.94. The lowest BCUT2D eigenvalue weighted by molar-refractivity contribution is 0.477. The highest BCUT2D eigenvalue weighted by Crippen LogP contribution is 1.97. The Labute approximate surface area is 108 Å². The number of hydrogen-bond acceptors (Lipinski definition) is 5. The van der Waals surface area contributed by atoms with Crippen molar-refractivity contribution in [2.45, 2.75) is 0 Å². The molecule has 6 nitrogen and oxygen atoms in total. The Morgan fingerprint density at radius 1 is 1.26 bits per heavy atom. The van der Waals surface area contributed by atoms with Gasteiger partial charge in [-0.1, -0.05) is 30.3 Å². The molecule has 1 N–H and O–H groups in total. The molecular formula is C12H11NO5S. The summed E-state index contributed by atoms with van der Waals surface area (Å²) >= 11 is 0. The average molecular weight is 281 g/mol. The summed E-state index contributed by atoms with van der Waals surface area (Å²) in [6.07, 6.45) is 3.30. The molecule has 0 bridgehead atoms. The summed E-state index contributed by atoms with van der Waals surface area (Å²) in [5.74, 6) is 0. The molecule has 0 aliphatic rings. The molecule has 1 heterocycles. The largest absolute Gasteiger partial charge is 0.405 e. The molecule has 0 unspecified atom stereocenters. The molecular weight excluding hydrogens is 270 g/mol. The zero-order valence-corrected chi connectivity index (χ0v) is 10.8. The molecule has 1 aromatic heterocycles. The zero-order valence-electron chi connectivity index (χ0n) is 9.99. The first-order valence-electron chi connectivity index (χ1n) is 5.28. The molecule has 2 aromatic rings. The van der Waals surface area contributed by atoms with Gasteiger partial charge in [0.1, 0.15) is 6.26 Å². The number of aromatic nitrogens is 1. The first-order valence-corrected chi connectivity index (χ1v) is 7.10. The van der Waals surface area contributed by atoms with Crippen LogP contribution in [0.3, 0.4) is 0 Å². The summed E-state index contributed by atoms with van der Waals surface area (Å²) in [6.45, 7) is 0. The quantitative estimate of drug-likeness (QED) is 0.767. The van der Waals surface area contributed by atoms with Crippen molar-refractivity contribution in [3.05, 3.63) is 57.2 Å². The van der Waals surface area contributed by atoms with Gasteiger partial charge >= 0.3 is 15.7 Å². The van der Waals surface area contributed by atoms with Crippen molar-refractivity contribution in [2.24, 2.45) is 0 Å². The summed E-state index contributed by atoms with van der Waals surface area (Å²) < 4.78 is 30.9. The fraction of sp³-hybridized carbons (Fsp3) is 0.0833. The molecule has 7 heteroatoms. The van der Waals surface area contributed by atoms with Crippen molar-refractivity contribution in [1.29, 1.82) is 0 Å². The third-order valence-electron chi connectivity index (χ3n) is 2.12. The maximum absolute atomic E-state index is 11.4. The van der Waals surface area contributed by atoms with E-state index in [1.165, 1.54) is 0 Å². The van der Waals surface area contributed by atoms with Crippen molar-refractivity contribution in [3.63, 3.8) is 0 Å². The summed E-state index contributed by atoms with van der Waals surface area (Å²) in [4.78, 5) is 14.0. The SMILES string of the molecule is CS(=O)(=O)OC=c1[nH]c(=Cc2ccccc2)oc1=O. The smallest absolute Gasteiger partial charge is 0.364 e. The molecule has 0 atom stereocenters. The number of aromatic amines is 1. The van der Waals surface area contributed by atoms with Gasteiger partial charge in [-0.25, -0.2) is 4.79 Å². The lowest BCUT2D eigenvalue weighted by atomic mass is 10.2. The first kappa shape index (κ1) is 13.2. The minimum Gasteiger partial charge on any atom is -0.405 e. The molecule has 100 valence electrons. The van der Waals surface area contributed by atoms with Crippen LogP contribution >= 0.6 is 0 Å². The van der Waals surface area contributed by atoms with Crippen LogP contribution < -0.4 is 16.5 Å². The Hall–Kier alpha value is -2.28. The fourth-order valence-corrected chi connectivity index (χ4v) is 1.61. The summed E-state index contributed by atoms with van der Waals surface area (Å²) in [7, 11) is -3.66. The van der Waals surface area contributed by atoms with E-state index in [1.807, 2.05) is 30.3 Å². The van der Waals surface area contributed by atoms with Crippen LogP contribution in [-0.4, -0.2) is 19.7 Å². The van der Waals surface area contributed by atoms with E-state index in [1.54, 1.807) is 6.08 Å². The number of oxazole rings is 1. The minimum absolute atomic E-state index is 0.0763. The summed E-state index contributed by atoms with van der Waals surface area (Å²) in [5, 5.41) is -0.0763. The van der Waals surface area contributed by atoms with Gasteiger partial charge in [0.25, 0.3) is 0 Å². The van der Waals surface area contributed by atoms with Crippen molar-refractivity contribution >= 4 is 22.5 Å². The third kappa shape index (κ3) is 3.85. The molecule has 0 radical (unpaired) electrons. The Morgan fingerprint density at radius 3 is 2.58 bits per heavy atom. The number of benzene rings is 1. The Bertz CT molecular complexity index is 830. The molecule has 19 heavy (non-hydrogen) atoms. The van der Waals surface area contributed by atoms with Gasteiger partial charge in [-0.05, 0) is 5.56 Å². The molecule has 0 saturated heterocycles. The van der Waals surface area contributed by atoms with E-state index in [0.717, 1.165) is 18.1 Å². The minimum atomic E-state index is -3.66. The van der Waals surface area contributed by atoms with E-state index in [-0.39, 0.29) is 10.9 Å². The molecule has 0 fully saturated rings. The molecule has 0 saturated carbocycles. The Morgan fingerprint density at radius 2 is 1.95 bits per heavy atom. The van der Waals surface area contributed by atoms with E-state index in [4.69, 9.17) is 4.42 Å². The highest BCUT2D eigenvalue weighted by Gasteiger charge is 2.00. The van der Waals surface area contributed by atoms with Gasteiger partial charge in [-0.3, -0.25) is 0 Å². The Kier molecular flexibility index (Phi) is 3.57. The number of H-pyrrole nitrogens is 1. The predicted octanol–water partition coefficient (Wildman–Crippen LogP) is -0.489. The van der Waals surface area contributed by atoms with E-state index in [9.17, 15) is 13.2 Å². The highest BCUT2D eigenvalue weighted by atomic mass is 32.2. The summed E-state index contributed by atoms with van der Waals surface area (Å²) in [6, 6.07) is 9.20. The maximum atomic E-state index is 11.4. The van der Waals surface area contributed by atoms with Gasteiger partial charge in [0.05, 0.1) is 6.26 Å². The Balaban J connectivity index is 2.43. The summed E-state index contributed by atoms with van der Waals surface area (Å²) in [5.41, 5.74) is 0.341. The molecule has 0 aliphatic heterocycles. The van der Waals surface area contributed by atoms with E-state index in [2.05, 4.69) is 9.17 Å². The van der Waals surface area contributed by atoms with Gasteiger partial charge in [0.15, 0.2) is 5.35 Å². The third-order valence-corrected chi connectivity index (χ3v) is 2.56. The van der Waals surface area contributed by atoms with Crippen LogP contribution in [0.4, 0.5) is 0 Å². The standard InChI is InChI=1S/C12H11NO5S/c1-19(15,16)17-8-10-12(14)18-11(13-10)7-9-5-3-2-4-6-9/h2-8,13H,1H3. The van der Waals surface area contributed by atoms with Crippen LogP contribution in [-0.2, 0) is 14.3 Å². The van der Waals surface area contributed by atoms with Gasteiger partial charge in [0, 0.05) is 6.08 Å². The van der Waals surface area contributed by atoms with Crippen molar-refractivity contribution < 1.29 is 17.0 Å². The van der Waals surface area contributed by atoms with Gasteiger partial charge in [0.2, 0.25) is 5.55 Å². The zero-order chi connectivity index (χ0) is 13.9. The van der Waals surface area contributed by atoms with Crippen LogP contribution in [0.5, 0.6) is 0 Å². The van der Waals surface area contributed by atoms with Crippen molar-refractivity contribution in [2.75, 3.05) is 6.26 Å². The molecule has 1 aromatic carbocycles. The topological polar surface area (TPSA) is 89.4 Å². The normalized spacial score (nSPS) is 13.7. The second kappa shape index (κ2) is 5.15. The van der Waals surface area contributed by atoms with Crippen LogP contribution in [0, 0.1) is 0 Å². The van der Waals surface area contributed by atoms with Gasteiger partial charge < -0.3 is 13.6 Å². The van der Waals surface area contributed by atoms with Crippen LogP contribution in [0.15, 0.2) is 39.5 Å². The fourth-order valence-electron chi connectivity index (χ4n) is 1.34. The van der Waals surface area contributed by atoms with Crippen molar-refractivity contribution in [1.82, 2.24) is 4.98 Å². The number of nitrogens with one attached hydrogen (secondary N) is 1. The van der Waals surface area contributed by atoms with Crippen LogP contribution in [0.25, 0.3) is 12.3 Å². The lowest BCUT2D eigenvalue weighted by Crippen LogP contribution is -2.22. The van der Waals surface area contributed by atoms with Crippen LogP contribution in [0.2, 0.25) is 0 Å². The average Bonchev–Trinajstić information content (AvgIpc) is 2.67. The highest BCUT2D eigenvalue weighted by molar-refractivity contribution is 7.86. The van der Waals surface area contributed by atoms with E-state index < -0.39 is 15.7 Å².